The van der Waals surface area contributed by atoms with Gasteiger partial charge in [0.15, 0.2) is 17.5 Å². The van der Waals surface area contributed by atoms with Gasteiger partial charge in [-0.05, 0) is 42.0 Å². The summed E-state index contributed by atoms with van der Waals surface area (Å²) in [6.45, 7) is 0.0522. The first-order valence-electron chi connectivity index (χ1n) is 8.67. The maximum Gasteiger partial charge on any atom is 0.269 e. The van der Waals surface area contributed by atoms with Crippen LogP contribution in [0, 0.1) is 17.5 Å². The normalized spacial score (nSPS) is 10.4. The molecule has 30 heavy (non-hydrogen) atoms. The Kier molecular flexibility index (Phi) is 6.21. The van der Waals surface area contributed by atoms with E-state index in [2.05, 4.69) is 10.9 Å². The van der Waals surface area contributed by atoms with E-state index < -0.39 is 35.0 Å². The highest BCUT2D eigenvalue weighted by Crippen LogP contribution is 2.20. The molecule has 6 nitrogen and oxygen atoms in total. The van der Waals surface area contributed by atoms with E-state index in [0.717, 1.165) is 12.1 Å². The van der Waals surface area contributed by atoms with Gasteiger partial charge in [-0.25, -0.2) is 13.2 Å². The van der Waals surface area contributed by atoms with Crippen molar-refractivity contribution in [3.63, 3.8) is 0 Å². The van der Waals surface area contributed by atoms with E-state index in [0.29, 0.717) is 11.3 Å². The topological polar surface area (TPSA) is 93.5 Å². The largest absolute Gasteiger partial charge is 0.488 e. The minimum atomic E-state index is -1.65. The van der Waals surface area contributed by atoms with Crippen LogP contribution in [0.5, 0.6) is 5.75 Å². The predicted octanol–water partition coefficient (Wildman–Crippen LogP) is 3.54. The van der Waals surface area contributed by atoms with Gasteiger partial charge in [0.25, 0.3) is 11.8 Å². The van der Waals surface area contributed by atoms with E-state index >= 15 is 0 Å². The average molecular weight is 415 g/mol. The number of hydrogen-bond acceptors (Lipinski definition) is 4. The Bertz CT molecular complexity index is 1110. The number of nitrogens with two attached hydrogens (primary N) is 1. The number of ether oxygens (including phenoxy) is 1. The fourth-order valence-electron chi connectivity index (χ4n) is 2.58. The van der Waals surface area contributed by atoms with Gasteiger partial charge in [0.1, 0.15) is 12.4 Å². The summed E-state index contributed by atoms with van der Waals surface area (Å²) in [5, 5.41) is 0. The van der Waals surface area contributed by atoms with Crippen LogP contribution in [-0.4, -0.2) is 11.8 Å². The number of halogens is 3. The molecule has 0 aromatic heterocycles. The maximum atomic E-state index is 13.7. The number of hydrazine groups is 1. The average Bonchev–Trinajstić information content (AvgIpc) is 2.75. The summed E-state index contributed by atoms with van der Waals surface area (Å²) in [7, 11) is 0. The Labute approximate surface area is 169 Å². The number of carbonyl (C=O) groups excluding carboxylic acids is 2. The van der Waals surface area contributed by atoms with E-state index in [9.17, 15) is 22.8 Å². The van der Waals surface area contributed by atoms with Crippen LogP contribution in [0.3, 0.4) is 0 Å². The molecule has 3 aromatic carbocycles. The second-order valence-corrected chi connectivity index (χ2v) is 6.15. The molecule has 0 aliphatic carbocycles. The summed E-state index contributed by atoms with van der Waals surface area (Å²) in [5.74, 6) is -5.41. The molecule has 0 unspecified atom stereocenters. The minimum Gasteiger partial charge on any atom is -0.488 e. The number of carbonyl (C=O) groups is 2. The van der Waals surface area contributed by atoms with E-state index in [1.807, 2.05) is 0 Å². The number of benzene rings is 3. The lowest BCUT2D eigenvalue weighted by Crippen LogP contribution is -2.30. The van der Waals surface area contributed by atoms with Gasteiger partial charge < -0.3 is 10.5 Å². The SMILES string of the molecule is NC(=O)c1ccccc1OCc1cccc(C(=O)NNc2ccc(F)c(F)c2F)c1. The quantitative estimate of drug-likeness (QED) is 0.407. The molecule has 3 aromatic rings. The Morgan fingerprint density at radius 2 is 1.70 bits per heavy atom. The lowest BCUT2D eigenvalue weighted by Gasteiger charge is -2.12. The number of para-hydroxylation sites is 1. The van der Waals surface area contributed by atoms with Crippen LogP contribution in [-0.2, 0) is 6.61 Å². The molecule has 9 heteroatoms. The van der Waals surface area contributed by atoms with Crippen LogP contribution in [0.25, 0.3) is 0 Å². The Morgan fingerprint density at radius 1 is 0.933 bits per heavy atom. The van der Waals surface area contributed by atoms with E-state index in [4.69, 9.17) is 10.5 Å². The van der Waals surface area contributed by atoms with Gasteiger partial charge in [0.05, 0.1) is 11.3 Å². The number of rotatable bonds is 7. The van der Waals surface area contributed by atoms with E-state index in [1.54, 1.807) is 30.3 Å². The van der Waals surface area contributed by atoms with E-state index in [1.165, 1.54) is 18.2 Å². The highest BCUT2D eigenvalue weighted by Gasteiger charge is 2.14. The fourth-order valence-corrected chi connectivity index (χ4v) is 2.58. The molecule has 0 saturated heterocycles. The van der Waals surface area contributed by atoms with Crippen LogP contribution >= 0.6 is 0 Å². The fraction of sp³-hybridized carbons (Fsp3) is 0.0476. The van der Waals surface area contributed by atoms with Crippen LogP contribution in [0.2, 0.25) is 0 Å². The number of anilines is 1. The molecule has 0 bridgehead atoms. The third-order valence-corrected chi connectivity index (χ3v) is 4.08. The second kappa shape index (κ2) is 8.99. The highest BCUT2D eigenvalue weighted by molar-refractivity contribution is 5.96. The van der Waals surface area contributed by atoms with Crippen molar-refractivity contribution >= 4 is 17.5 Å². The molecule has 0 saturated carbocycles. The first-order valence-corrected chi connectivity index (χ1v) is 8.67. The van der Waals surface area contributed by atoms with Crippen molar-refractivity contribution in [2.24, 2.45) is 5.73 Å². The minimum absolute atomic E-state index is 0.0522. The predicted molar refractivity (Wildman–Crippen MR) is 103 cm³/mol. The summed E-state index contributed by atoms with van der Waals surface area (Å²) >= 11 is 0. The molecule has 0 fully saturated rings. The third kappa shape index (κ3) is 4.69. The van der Waals surface area contributed by atoms with Gasteiger partial charge in [0, 0.05) is 5.56 Å². The summed E-state index contributed by atoms with van der Waals surface area (Å²) in [4.78, 5) is 23.7. The molecule has 2 amide bonds. The number of primary amides is 1. The monoisotopic (exact) mass is 415 g/mol. The molecule has 0 radical (unpaired) electrons. The van der Waals surface area contributed by atoms with Crippen LogP contribution in [0.15, 0.2) is 60.7 Å². The number of nitrogens with one attached hydrogen (secondary N) is 2. The van der Waals surface area contributed by atoms with Crippen molar-refractivity contribution in [3.8, 4) is 5.75 Å². The molecule has 0 heterocycles. The molecule has 154 valence electrons. The van der Waals surface area contributed by atoms with E-state index in [-0.39, 0.29) is 17.7 Å². The Morgan fingerprint density at radius 3 is 2.47 bits per heavy atom. The number of amides is 2. The van der Waals surface area contributed by atoms with Crippen molar-refractivity contribution in [2.75, 3.05) is 5.43 Å². The molecular formula is C21H16F3N3O3. The van der Waals surface area contributed by atoms with Crippen molar-refractivity contribution in [3.05, 3.63) is 94.8 Å². The van der Waals surface area contributed by atoms with Gasteiger partial charge in [-0.2, -0.15) is 0 Å². The van der Waals surface area contributed by atoms with Crippen molar-refractivity contribution < 1.29 is 27.5 Å². The van der Waals surface area contributed by atoms with Crippen LogP contribution < -0.4 is 21.3 Å². The summed E-state index contributed by atoms with van der Waals surface area (Å²) in [5.41, 5.74) is 10.3. The third-order valence-electron chi connectivity index (χ3n) is 4.08. The van der Waals surface area contributed by atoms with Crippen molar-refractivity contribution in [1.29, 1.82) is 0 Å². The summed E-state index contributed by atoms with van der Waals surface area (Å²) in [6, 6.07) is 14.5. The highest BCUT2D eigenvalue weighted by atomic mass is 19.2. The second-order valence-electron chi connectivity index (χ2n) is 6.15. The van der Waals surface area contributed by atoms with Crippen molar-refractivity contribution in [2.45, 2.75) is 6.61 Å². The van der Waals surface area contributed by atoms with Crippen LogP contribution in [0.4, 0.5) is 18.9 Å². The van der Waals surface area contributed by atoms with Gasteiger partial charge in [0.2, 0.25) is 0 Å². The maximum absolute atomic E-state index is 13.7. The smallest absolute Gasteiger partial charge is 0.269 e. The number of hydrogen-bond donors (Lipinski definition) is 3. The molecule has 4 N–H and O–H groups in total. The van der Waals surface area contributed by atoms with Crippen LogP contribution in [0.1, 0.15) is 26.3 Å². The van der Waals surface area contributed by atoms with Crippen molar-refractivity contribution in [1.82, 2.24) is 5.43 Å². The first kappa shape index (κ1) is 20.7. The Hall–Kier alpha value is -4.01. The Balaban J connectivity index is 1.66. The first-order chi connectivity index (χ1) is 14.4. The zero-order valence-electron chi connectivity index (χ0n) is 15.4. The summed E-state index contributed by atoms with van der Waals surface area (Å²) < 4.78 is 45.5. The van der Waals surface area contributed by atoms with Gasteiger partial charge in [-0.3, -0.25) is 20.4 Å². The molecule has 0 aliphatic rings. The molecule has 0 aliphatic heterocycles. The standard InChI is InChI=1S/C21H16F3N3O3/c22-15-8-9-16(19(24)18(15)23)26-27-21(29)13-5-3-4-12(10-13)11-30-17-7-2-1-6-14(17)20(25)28/h1-10,26H,11H2,(H2,25,28)(H,27,29). The molecule has 0 spiro atoms. The zero-order valence-corrected chi connectivity index (χ0v) is 15.4. The summed E-state index contributed by atoms with van der Waals surface area (Å²) in [6.07, 6.45) is 0. The molecule has 0 atom stereocenters. The van der Waals surface area contributed by atoms with Gasteiger partial charge >= 0.3 is 0 Å². The van der Waals surface area contributed by atoms with Gasteiger partial charge in [-0.15, -0.1) is 0 Å². The molecule has 3 rings (SSSR count). The molecular weight excluding hydrogens is 399 g/mol. The lowest BCUT2D eigenvalue weighted by atomic mass is 10.1. The lowest BCUT2D eigenvalue weighted by molar-refractivity contribution is 0.0960. The zero-order chi connectivity index (χ0) is 21.7. The van der Waals surface area contributed by atoms with Gasteiger partial charge in [-0.1, -0.05) is 24.3 Å².